The average molecular weight is 205 g/mol. The van der Waals surface area contributed by atoms with Crippen LogP contribution in [0.3, 0.4) is 0 Å². The van der Waals surface area contributed by atoms with Gasteiger partial charge in [-0.15, -0.1) is 0 Å². The van der Waals surface area contributed by atoms with Gasteiger partial charge in [-0.25, -0.2) is 0 Å². The number of nitrogens with zero attached hydrogens (tertiary/aromatic N) is 1. The van der Waals surface area contributed by atoms with Gasteiger partial charge >= 0.3 is 0 Å². The van der Waals surface area contributed by atoms with Gasteiger partial charge in [0, 0.05) is 5.56 Å². The minimum absolute atomic E-state index is 0.612. The van der Waals surface area contributed by atoms with E-state index < -0.39 is 0 Å². The number of hydrogen-bond donors (Lipinski definition) is 0. The predicted octanol–water partition coefficient (Wildman–Crippen LogP) is 3.37. The smallest absolute Gasteiger partial charge is 0.114 e. The summed E-state index contributed by atoms with van der Waals surface area (Å²) in [5.74, 6) is 0. The Morgan fingerprint density at radius 3 is 2.33 bits per heavy atom. The summed E-state index contributed by atoms with van der Waals surface area (Å²) in [6.07, 6.45) is 0. The van der Waals surface area contributed by atoms with Crippen molar-refractivity contribution in [2.45, 2.75) is 34.6 Å². The maximum absolute atomic E-state index is 5.06. The van der Waals surface area contributed by atoms with Crippen LogP contribution in [-0.4, -0.2) is 12.3 Å². The molecule has 0 radical (unpaired) electrons. The van der Waals surface area contributed by atoms with Crippen molar-refractivity contribution in [1.82, 2.24) is 0 Å². The van der Waals surface area contributed by atoms with Crippen LogP contribution in [0, 0.1) is 20.8 Å². The third kappa shape index (κ3) is 2.82. The molecule has 0 unspecified atom stereocenters. The van der Waals surface area contributed by atoms with Gasteiger partial charge in [0.1, 0.15) is 6.61 Å². The number of hydrogen-bond acceptors (Lipinski definition) is 2. The zero-order valence-corrected chi connectivity index (χ0v) is 10.2. The van der Waals surface area contributed by atoms with Gasteiger partial charge in [-0.1, -0.05) is 11.2 Å². The second kappa shape index (κ2) is 4.96. The molecule has 0 N–H and O–H groups in total. The Kier molecular flexibility index (Phi) is 3.89. The van der Waals surface area contributed by atoms with E-state index in [1.54, 1.807) is 0 Å². The van der Waals surface area contributed by atoms with E-state index >= 15 is 0 Å². The van der Waals surface area contributed by atoms with Crippen LogP contribution < -0.4 is 0 Å². The molecule has 0 saturated heterocycles. The molecule has 0 aliphatic heterocycles. The van der Waals surface area contributed by atoms with Gasteiger partial charge in [-0.05, 0) is 57.4 Å². The lowest BCUT2D eigenvalue weighted by Gasteiger charge is -2.09. The first-order chi connectivity index (χ1) is 7.06. The Morgan fingerprint density at radius 1 is 1.13 bits per heavy atom. The number of aryl methyl sites for hydroxylation is 3. The Balaban J connectivity index is 3.09. The zero-order chi connectivity index (χ0) is 11.4. The SMILES string of the molecule is CCO/N=C(\C)c1cc(C)c(C)cc1C. The van der Waals surface area contributed by atoms with Crippen LogP contribution in [0.4, 0.5) is 0 Å². The average Bonchev–Trinajstić information content (AvgIpc) is 2.20. The highest BCUT2D eigenvalue weighted by atomic mass is 16.6. The summed E-state index contributed by atoms with van der Waals surface area (Å²) in [6.45, 7) is 10.9. The molecule has 0 saturated carbocycles. The summed E-state index contributed by atoms with van der Waals surface area (Å²) in [5, 5.41) is 4.06. The molecule has 1 rings (SSSR count). The second-order valence-corrected chi connectivity index (χ2v) is 3.85. The molecule has 0 aliphatic rings. The molecule has 82 valence electrons. The van der Waals surface area contributed by atoms with Crippen molar-refractivity contribution < 1.29 is 4.84 Å². The fourth-order valence-electron chi connectivity index (χ4n) is 1.56. The van der Waals surface area contributed by atoms with Crippen LogP contribution in [0.15, 0.2) is 17.3 Å². The molecule has 0 aliphatic carbocycles. The standard InChI is InChI=1S/C13H19NO/c1-6-15-14-12(5)13-8-10(3)9(2)7-11(13)4/h7-8H,6H2,1-5H3/b14-12+. The van der Waals surface area contributed by atoms with Gasteiger partial charge in [-0.2, -0.15) is 0 Å². The van der Waals surface area contributed by atoms with Crippen LogP contribution in [0.5, 0.6) is 0 Å². The molecule has 2 nitrogen and oxygen atoms in total. The first-order valence-corrected chi connectivity index (χ1v) is 5.31. The Bertz CT molecular complexity index is 380. The molecular formula is C13H19NO. The van der Waals surface area contributed by atoms with E-state index in [0.29, 0.717) is 6.61 Å². The van der Waals surface area contributed by atoms with Crippen molar-refractivity contribution in [1.29, 1.82) is 0 Å². The molecule has 2 heteroatoms. The maximum atomic E-state index is 5.06. The highest BCUT2D eigenvalue weighted by Crippen LogP contribution is 2.16. The molecule has 0 spiro atoms. The molecular weight excluding hydrogens is 186 g/mol. The van der Waals surface area contributed by atoms with E-state index in [1.807, 2.05) is 13.8 Å². The van der Waals surface area contributed by atoms with Crippen LogP contribution >= 0.6 is 0 Å². The van der Waals surface area contributed by atoms with E-state index in [0.717, 1.165) is 5.71 Å². The predicted molar refractivity (Wildman–Crippen MR) is 64.5 cm³/mol. The number of benzene rings is 1. The molecule has 0 aromatic heterocycles. The monoisotopic (exact) mass is 205 g/mol. The first-order valence-electron chi connectivity index (χ1n) is 5.31. The molecule has 0 atom stereocenters. The van der Waals surface area contributed by atoms with Gasteiger partial charge in [0.25, 0.3) is 0 Å². The Labute approximate surface area is 91.9 Å². The Hall–Kier alpha value is -1.31. The third-order valence-electron chi connectivity index (χ3n) is 2.56. The van der Waals surface area contributed by atoms with E-state index in [4.69, 9.17) is 4.84 Å². The van der Waals surface area contributed by atoms with Gasteiger partial charge in [-0.3, -0.25) is 0 Å². The van der Waals surface area contributed by atoms with Crippen molar-refractivity contribution in [2.24, 2.45) is 5.16 Å². The van der Waals surface area contributed by atoms with E-state index in [-0.39, 0.29) is 0 Å². The second-order valence-electron chi connectivity index (χ2n) is 3.85. The maximum Gasteiger partial charge on any atom is 0.114 e. The summed E-state index contributed by atoms with van der Waals surface area (Å²) in [5.41, 5.74) is 5.98. The summed E-state index contributed by atoms with van der Waals surface area (Å²) >= 11 is 0. The van der Waals surface area contributed by atoms with Crippen LogP contribution in [0.2, 0.25) is 0 Å². The van der Waals surface area contributed by atoms with Crippen molar-refractivity contribution in [3.8, 4) is 0 Å². The molecule has 1 aromatic carbocycles. The van der Waals surface area contributed by atoms with Crippen molar-refractivity contribution in [2.75, 3.05) is 6.61 Å². The Morgan fingerprint density at radius 2 is 1.73 bits per heavy atom. The van der Waals surface area contributed by atoms with E-state index in [9.17, 15) is 0 Å². The highest BCUT2D eigenvalue weighted by Gasteiger charge is 2.05. The molecule has 0 fully saturated rings. The minimum Gasteiger partial charge on any atom is -0.396 e. The van der Waals surface area contributed by atoms with Crippen molar-refractivity contribution >= 4 is 5.71 Å². The zero-order valence-electron chi connectivity index (χ0n) is 10.2. The van der Waals surface area contributed by atoms with Gasteiger partial charge in [0.2, 0.25) is 0 Å². The number of oxime groups is 1. The van der Waals surface area contributed by atoms with E-state index in [2.05, 4.69) is 38.1 Å². The molecule has 0 amide bonds. The van der Waals surface area contributed by atoms with E-state index in [1.165, 1.54) is 22.3 Å². The fraction of sp³-hybridized carbons (Fsp3) is 0.462. The molecule has 1 aromatic rings. The summed E-state index contributed by atoms with van der Waals surface area (Å²) in [7, 11) is 0. The topological polar surface area (TPSA) is 21.6 Å². The van der Waals surface area contributed by atoms with Crippen LogP contribution in [-0.2, 0) is 4.84 Å². The lowest BCUT2D eigenvalue weighted by molar-refractivity contribution is 0.159. The normalized spacial score (nSPS) is 11.7. The highest BCUT2D eigenvalue weighted by molar-refractivity contribution is 5.99. The molecule has 15 heavy (non-hydrogen) atoms. The molecule has 0 bridgehead atoms. The lowest BCUT2D eigenvalue weighted by Crippen LogP contribution is -2.01. The van der Waals surface area contributed by atoms with Crippen LogP contribution in [0.25, 0.3) is 0 Å². The van der Waals surface area contributed by atoms with Crippen molar-refractivity contribution in [3.05, 3.63) is 34.4 Å². The third-order valence-corrected chi connectivity index (χ3v) is 2.56. The van der Waals surface area contributed by atoms with Crippen molar-refractivity contribution in [3.63, 3.8) is 0 Å². The van der Waals surface area contributed by atoms with Gasteiger partial charge in [0.15, 0.2) is 0 Å². The summed E-state index contributed by atoms with van der Waals surface area (Å²) in [6, 6.07) is 4.36. The van der Waals surface area contributed by atoms with Gasteiger partial charge < -0.3 is 4.84 Å². The molecule has 0 heterocycles. The summed E-state index contributed by atoms with van der Waals surface area (Å²) < 4.78 is 0. The first kappa shape index (κ1) is 11.8. The quantitative estimate of drug-likeness (QED) is 0.547. The largest absolute Gasteiger partial charge is 0.396 e. The summed E-state index contributed by atoms with van der Waals surface area (Å²) in [4.78, 5) is 5.06. The number of rotatable bonds is 3. The minimum atomic E-state index is 0.612. The van der Waals surface area contributed by atoms with Crippen LogP contribution in [0.1, 0.15) is 36.1 Å². The van der Waals surface area contributed by atoms with Gasteiger partial charge in [0.05, 0.1) is 5.71 Å². The fourth-order valence-corrected chi connectivity index (χ4v) is 1.56. The lowest BCUT2D eigenvalue weighted by atomic mass is 9.98.